The summed E-state index contributed by atoms with van der Waals surface area (Å²) >= 11 is 3.40. The summed E-state index contributed by atoms with van der Waals surface area (Å²) < 4.78 is 26.5. The molecule has 0 heterocycles. The van der Waals surface area contributed by atoms with E-state index in [0.717, 1.165) is 23.4 Å². The third-order valence-electron chi connectivity index (χ3n) is 3.82. The quantitative estimate of drug-likeness (QED) is 0.539. The summed E-state index contributed by atoms with van der Waals surface area (Å²) in [6.07, 6.45) is 1.74. The molecule has 2 rings (SSSR count). The minimum Gasteiger partial charge on any atom is -0.366 e. The topological polar surface area (TPSA) is 49.7 Å². The van der Waals surface area contributed by atoms with Crippen LogP contribution in [0.15, 0.2) is 55.7 Å². The number of hydrogen-bond acceptors (Lipinski definition) is 3. The summed E-state index contributed by atoms with van der Waals surface area (Å²) in [7, 11) is -1.65. The van der Waals surface area contributed by atoms with Gasteiger partial charge in [-0.05, 0) is 66.0 Å². The van der Waals surface area contributed by atoms with Crippen LogP contribution in [0.4, 0.5) is 5.69 Å². The second-order valence-electron chi connectivity index (χ2n) is 5.66. The number of rotatable bonds is 5. The van der Waals surface area contributed by atoms with Gasteiger partial charge in [-0.15, -0.1) is 0 Å². The molecule has 128 valence electrons. The van der Waals surface area contributed by atoms with Crippen molar-refractivity contribution in [3.63, 3.8) is 0 Å². The van der Waals surface area contributed by atoms with E-state index < -0.39 is 9.84 Å². The highest BCUT2D eigenvalue weighted by Crippen LogP contribution is 2.34. The summed E-state index contributed by atoms with van der Waals surface area (Å²) in [4.78, 5) is 6.96. The molecule has 0 atom stereocenters. The van der Waals surface area contributed by atoms with Gasteiger partial charge in [-0.1, -0.05) is 18.2 Å². The van der Waals surface area contributed by atoms with Gasteiger partial charge in [0.25, 0.3) is 0 Å². The lowest BCUT2D eigenvalue weighted by Crippen LogP contribution is -2.14. The number of sulfone groups is 1. The second kappa shape index (κ2) is 7.49. The Morgan fingerprint density at radius 3 is 2.42 bits per heavy atom. The maximum Gasteiger partial charge on any atom is 0.207 e. The molecule has 0 aliphatic rings. The minimum atomic E-state index is -3.58. The standard InChI is InChI=1S/C18H21BrN2O2S/c1-5-21(4)12-20-16-11-15(19)18(10-14(16)3)24(22,23)17-9-7-6-8-13(17)2/h6-12H,5H2,1-4H3. The third kappa shape index (κ3) is 3.87. The largest absolute Gasteiger partial charge is 0.366 e. The van der Waals surface area contributed by atoms with Crippen molar-refractivity contribution < 1.29 is 8.42 Å². The van der Waals surface area contributed by atoms with Gasteiger partial charge in [0.15, 0.2) is 0 Å². The molecule has 2 aromatic carbocycles. The van der Waals surface area contributed by atoms with Gasteiger partial charge in [0.1, 0.15) is 0 Å². The Morgan fingerprint density at radius 2 is 1.79 bits per heavy atom. The number of hydrogen-bond donors (Lipinski definition) is 0. The van der Waals surface area contributed by atoms with Gasteiger partial charge in [0.2, 0.25) is 9.84 Å². The first-order valence-corrected chi connectivity index (χ1v) is 9.90. The summed E-state index contributed by atoms with van der Waals surface area (Å²) in [5.74, 6) is 0. The van der Waals surface area contributed by atoms with Crippen molar-refractivity contribution in [2.75, 3.05) is 13.6 Å². The zero-order valence-corrected chi connectivity index (χ0v) is 16.6. The fourth-order valence-corrected chi connectivity index (χ4v) is 4.81. The van der Waals surface area contributed by atoms with Crippen molar-refractivity contribution >= 4 is 37.8 Å². The van der Waals surface area contributed by atoms with Crippen LogP contribution in [-0.4, -0.2) is 33.2 Å². The lowest BCUT2D eigenvalue weighted by Gasteiger charge is -2.13. The van der Waals surface area contributed by atoms with E-state index in [4.69, 9.17) is 0 Å². The van der Waals surface area contributed by atoms with Crippen molar-refractivity contribution in [1.29, 1.82) is 0 Å². The Kier molecular flexibility index (Phi) is 5.83. The Labute approximate surface area is 152 Å². The lowest BCUT2D eigenvalue weighted by molar-refractivity contribution is 0.552. The van der Waals surface area contributed by atoms with Crippen LogP contribution >= 0.6 is 15.9 Å². The van der Waals surface area contributed by atoms with E-state index in [-0.39, 0.29) is 4.90 Å². The molecule has 0 aliphatic heterocycles. The molecule has 0 radical (unpaired) electrons. The van der Waals surface area contributed by atoms with Crippen LogP contribution < -0.4 is 0 Å². The Bertz CT molecular complexity index is 877. The van der Waals surface area contributed by atoms with Crippen LogP contribution in [-0.2, 0) is 9.84 Å². The molecule has 0 saturated carbocycles. The van der Waals surface area contributed by atoms with Crippen molar-refractivity contribution in [2.24, 2.45) is 4.99 Å². The molecule has 0 fully saturated rings. The van der Waals surface area contributed by atoms with E-state index in [1.54, 1.807) is 43.6 Å². The maximum atomic E-state index is 13.0. The van der Waals surface area contributed by atoms with Crippen LogP contribution in [0.2, 0.25) is 0 Å². The monoisotopic (exact) mass is 408 g/mol. The molecule has 0 unspecified atom stereocenters. The smallest absolute Gasteiger partial charge is 0.207 e. The molecule has 0 aromatic heterocycles. The average Bonchev–Trinajstić information content (AvgIpc) is 2.54. The molecule has 0 saturated heterocycles. The molecule has 4 nitrogen and oxygen atoms in total. The van der Waals surface area contributed by atoms with Crippen LogP contribution in [0.1, 0.15) is 18.1 Å². The van der Waals surface area contributed by atoms with E-state index in [1.807, 2.05) is 31.9 Å². The minimum absolute atomic E-state index is 0.261. The Balaban J connectivity index is 2.52. The van der Waals surface area contributed by atoms with E-state index in [9.17, 15) is 8.42 Å². The highest BCUT2D eigenvalue weighted by molar-refractivity contribution is 9.10. The SMILES string of the molecule is CCN(C)C=Nc1cc(Br)c(S(=O)(=O)c2ccccc2C)cc1C. The fraction of sp³-hybridized carbons (Fsp3) is 0.278. The van der Waals surface area contributed by atoms with Gasteiger partial charge >= 0.3 is 0 Å². The van der Waals surface area contributed by atoms with Gasteiger partial charge in [0.05, 0.1) is 21.8 Å². The molecule has 2 aromatic rings. The molecule has 0 bridgehead atoms. The first-order chi connectivity index (χ1) is 11.3. The predicted molar refractivity (Wildman–Crippen MR) is 102 cm³/mol. The van der Waals surface area contributed by atoms with E-state index in [2.05, 4.69) is 20.9 Å². The Morgan fingerprint density at radius 1 is 1.12 bits per heavy atom. The molecule has 0 amide bonds. The van der Waals surface area contributed by atoms with Gasteiger partial charge in [-0.3, -0.25) is 0 Å². The van der Waals surface area contributed by atoms with Crippen LogP contribution in [0.3, 0.4) is 0 Å². The van der Waals surface area contributed by atoms with Crippen molar-refractivity contribution in [2.45, 2.75) is 30.6 Å². The third-order valence-corrected chi connectivity index (χ3v) is 6.69. The lowest BCUT2D eigenvalue weighted by atomic mass is 10.2. The molecule has 0 aliphatic carbocycles. The highest BCUT2D eigenvalue weighted by Gasteiger charge is 2.23. The predicted octanol–water partition coefficient (Wildman–Crippen LogP) is 4.51. The average molecular weight is 409 g/mol. The number of aliphatic imine (C=N–C) groups is 1. The van der Waals surface area contributed by atoms with Crippen LogP contribution in [0.5, 0.6) is 0 Å². The van der Waals surface area contributed by atoms with E-state index >= 15 is 0 Å². The molecular weight excluding hydrogens is 388 g/mol. The fourth-order valence-electron chi connectivity index (χ4n) is 2.21. The first kappa shape index (κ1) is 18.7. The number of benzene rings is 2. The summed E-state index contributed by atoms with van der Waals surface area (Å²) in [6.45, 7) is 6.55. The zero-order valence-electron chi connectivity index (χ0n) is 14.2. The van der Waals surface area contributed by atoms with Crippen molar-refractivity contribution in [1.82, 2.24) is 4.90 Å². The molecule has 0 spiro atoms. The summed E-state index contributed by atoms with van der Waals surface area (Å²) in [5.41, 5.74) is 2.28. The zero-order chi connectivity index (χ0) is 17.9. The number of halogens is 1. The van der Waals surface area contributed by atoms with Gasteiger partial charge < -0.3 is 4.90 Å². The highest BCUT2D eigenvalue weighted by atomic mass is 79.9. The van der Waals surface area contributed by atoms with Gasteiger partial charge in [-0.2, -0.15) is 0 Å². The van der Waals surface area contributed by atoms with Crippen molar-refractivity contribution in [3.8, 4) is 0 Å². The van der Waals surface area contributed by atoms with Crippen LogP contribution in [0, 0.1) is 13.8 Å². The van der Waals surface area contributed by atoms with Gasteiger partial charge in [0, 0.05) is 18.1 Å². The summed E-state index contributed by atoms with van der Waals surface area (Å²) in [6, 6.07) is 10.4. The molecule has 0 N–H and O–H groups in total. The van der Waals surface area contributed by atoms with E-state index in [0.29, 0.717) is 9.37 Å². The maximum absolute atomic E-state index is 13.0. The molecule has 6 heteroatoms. The number of aryl methyl sites for hydroxylation is 2. The number of nitrogens with zero attached hydrogens (tertiary/aromatic N) is 2. The Hall–Kier alpha value is -1.66. The summed E-state index contributed by atoms with van der Waals surface area (Å²) in [5, 5.41) is 0. The molecular formula is C18H21BrN2O2S. The van der Waals surface area contributed by atoms with Crippen LogP contribution in [0.25, 0.3) is 0 Å². The normalized spacial score (nSPS) is 11.9. The first-order valence-electron chi connectivity index (χ1n) is 7.62. The second-order valence-corrected chi connectivity index (χ2v) is 8.40. The van der Waals surface area contributed by atoms with Crippen molar-refractivity contribution in [3.05, 3.63) is 52.0 Å². The van der Waals surface area contributed by atoms with Gasteiger partial charge in [-0.25, -0.2) is 13.4 Å². The molecule has 24 heavy (non-hydrogen) atoms. The van der Waals surface area contributed by atoms with E-state index in [1.165, 1.54) is 0 Å².